The molecule has 6 heteroatoms. The Balaban J connectivity index is 1.80. The predicted molar refractivity (Wildman–Crippen MR) is 62.2 cm³/mol. The maximum Gasteiger partial charge on any atom is 0.324 e. The van der Waals surface area contributed by atoms with Gasteiger partial charge in [-0.2, -0.15) is 0 Å². The number of urea groups is 2. The first-order valence-electron chi connectivity index (χ1n) is 5.95. The number of amides is 4. The van der Waals surface area contributed by atoms with Gasteiger partial charge in [-0.15, -0.1) is 0 Å². The van der Waals surface area contributed by atoms with Crippen molar-refractivity contribution >= 4 is 12.1 Å². The van der Waals surface area contributed by atoms with Crippen LogP contribution in [0.1, 0.15) is 11.1 Å². The van der Waals surface area contributed by atoms with Crippen molar-refractivity contribution < 1.29 is 9.59 Å². The van der Waals surface area contributed by atoms with Gasteiger partial charge in [0.05, 0.1) is 0 Å². The largest absolute Gasteiger partial charge is 0.324 e. The van der Waals surface area contributed by atoms with Gasteiger partial charge in [-0.25, -0.2) is 9.59 Å². The summed E-state index contributed by atoms with van der Waals surface area (Å²) in [5, 5.41) is 5.58. The van der Waals surface area contributed by atoms with Crippen LogP contribution in [0, 0.1) is 0 Å². The zero-order valence-electron chi connectivity index (χ0n) is 9.59. The zero-order chi connectivity index (χ0) is 12.3. The quantitative estimate of drug-likeness (QED) is 0.694. The highest BCUT2D eigenvalue weighted by Crippen LogP contribution is 2.31. The number of carbonyl (C=O) groups excluding carboxylic acids is 2. The molecule has 0 spiro atoms. The number of benzene rings is 1. The molecule has 0 saturated carbocycles. The fourth-order valence-corrected chi connectivity index (χ4v) is 2.93. The molecule has 1 aromatic rings. The minimum atomic E-state index is -0.252. The number of carbonyl (C=O) groups is 2. The van der Waals surface area contributed by atoms with E-state index in [0.717, 1.165) is 11.1 Å². The summed E-state index contributed by atoms with van der Waals surface area (Å²) in [5.74, 6) is 0. The Morgan fingerprint density at radius 3 is 1.94 bits per heavy atom. The van der Waals surface area contributed by atoms with Crippen LogP contribution in [-0.4, -0.2) is 34.2 Å². The minimum absolute atomic E-state index is 0.0197. The third-order valence-corrected chi connectivity index (χ3v) is 3.82. The Morgan fingerprint density at radius 1 is 0.944 bits per heavy atom. The average Bonchev–Trinajstić information content (AvgIpc) is 2.76. The topological polar surface area (TPSA) is 64.7 Å². The number of rotatable bonds is 0. The van der Waals surface area contributed by atoms with Crippen LogP contribution in [0.3, 0.4) is 0 Å². The molecule has 3 aliphatic rings. The van der Waals surface area contributed by atoms with Crippen molar-refractivity contribution in [3.63, 3.8) is 0 Å². The molecule has 2 fully saturated rings. The molecule has 2 N–H and O–H groups in total. The second-order valence-electron chi connectivity index (χ2n) is 4.81. The molecule has 2 saturated heterocycles. The van der Waals surface area contributed by atoms with Crippen molar-refractivity contribution in [3.05, 3.63) is 35.4 Å². The van der Waals surface area contributed by atoms with E-state index < -0.39 is 0 Å². The lowest BCUT2D eigenvalue weighted by molar-refractivity contribution is 0.178. The highest BCUT2D eigenvalue weighted by atomic mass is 16.2. The summed E-state index contributed by atoms with van der Waals surface area (Å²) in [6.07, 6.45) is -0.503. The molecule has 92 valence electrons. The number of nitrogens with one attached hydrogen (secondary N) is 2. The van der Waals surface area contributed by atoms with Gasteiger partial charge in [0.15, 0.2) is 0 Å². The molecule has 0 unspecified atom stereocenters. The van der Waals surface area contributed by atoms with Gasteiger partial charge >= 0.3 is 12.1 Å². The molecule has 6 nitrogen and oxygen atoms in total. The minimum Gasteiger partial charge on any atom is -0.314 e. The Labute approximate surface area is 104 Å². The van der Waals surface area contributed by atoms with Crippen LogP contribution in [0.2, 0.25) is 0 Å². The molecule has 3 heterocycles. The van der Waals surface area contributed by atoms with Gasteiger partial charge in [-0.1, -0.05) is 24.3 Å². The van der Waals surface area contributed by atoms with Crippen LogP contribution in [-0.2, 0) is 13.1 Å². The first-order valence-corrected chi connectivity index (χ1v) is 5.95. The summed E-state index contributed by atoms with van der Waals surface area (Å²) >= 11 is 0. The molecule has 18 heavy (non-hydrogen) atoms. The molecule has 2 bridgehead atoms. The second-order valence-corrected chi connectivity index (χ2v) is 4.81. The van der Waals surface area contributed by atoms with Crippen LogP contribution in [0.4, 0.5) is 9.59 Å². The number of nitrogens with zero attached hydrogens (tertiary/aromatic N) is 2. The second kappa shape index (κ2) is 3.16. The highest BCUT2D eigenvalue weighted by Gasteiger charge is 2.52. The van der Waals surface area contributed by atoms with Crippen molar-refractivity contribution in [1.29, 1.82) is 0 Å². The molecule has 4 rings (SSSR count). The average molecular weight is 244 g/mol. The summed E-state index contributed by atoms with van der Waals surface area (Å²) in [7, 11) is 0. The van der Waals surface area contributed by atoms with Crippen LogP contribution >= 0.6 is 0 Å². The maximum atomic E-state index is 12.3. The first-order chi connectivity index (χ1) is 8.74. The van der Waals surface area contributed by atoms with Gasteiger partial charge in [-0.05, 0) is 11.1 Å². The van der Waals surface area contributed by atoms with Gasteiger partial charge in [0.25, 0.3) is 0 Å². The lowest BCUT2D eigenvalue weighted by Crippen LogP contribution is -2.44. The lowest BCUT2D eigenvalue weighted by Gasteiger charge is -2.23. The molecular weight excluding hydrogens is 232 g/mol. The van der Waals surface area contributed by atoms with Gasteiger partial charge in [0.1, 0.15) is 12.3 Å². The standard InChI is InChI=1S/C12H12N4O2/c17-11-13-9-10(14-11)16-6-8-4-2-1-3-7(8)5-15(9)12(16)18/h1-4,9-10H,5-6H2,(H2,13,14,17)/t9-,10-/m0/s1. The fourth-order valence-electron chi connectivity index (χ4n) is 2.93. The van der Waals surface area contributed by atoms with E-state index in [4.69, 9.17) is 0 Å². The Hall–Kier alpha value is -2.24. The smallest absolute Gasteiger partial charge is 0.314 e. The molecule has 0 aliphatic carbocycles. The molecule has 1 aromatic carbocycles. The molecule has 0 radical (unpaired) electrons. The summed E-state index contributed by atoms with van der Waals surface area (Å²) in [5.41, 5.74) is 2.29. The van der Waals surface area contributed by atoms with E-state index in [1.807, 2.05) is 24.3 Å². The van der Waals surface area contributed by atoms with E-state index in [9.17, 15) is 9.59 Å². The monoisotopic (exact) mass is 244 g/mol. The van der Waals surface area contributed by atoms with Gasteiger partial charge in [0.2, 0.25) is 0 Å². The maximum absolute atomic E-state index is 12.3. The van der Waals surface area contributed by atoms with E-state index >= 15 is 0 Å². The molecule has 4 amide bonds. The van der Waals surface area contributed by atoms with Gasteiger partial charge < -0.3 is 10.6 Å². The number of fused-ring (bicyclic) bond motifs is 6. The van der Waals surface area contributed by atoms with E-state index in [2.05, 4.69) is 10.6 Å². The summed E-state index contributed by atoms with van der Waals surface area (Å²) < 4.78 is 0. The van der Waals surface area contributed by atoms with E-state index in [1.165, 1.54) is 0 Å². The SMILES string of the molecule is O=C1N[C@@H]2[C@@H](N1)N1Cc3ccccc3CN2C1=O. The van der Waals surface area contributed by atoms with E-state index in [0.29, 0.717) is 13.1 Å². The third-order valence-electron chi connectivity index (χ3n) is 3.82. The summed E-state index contributed by atoms with van der Waals surface area (Å²) in [4.78, 5) is 27.1. The van der Waals surface area contributed by atoms with Crippen LogP contribution < -0.4 is 10.6 Å². The zero-order valence-corrected chi connectivity index (χ0v) is 9.59. The molecule has 2 atom stereocenters. The number of hydrogen-bond acceptors (Lipinski definition) is 2. The van der Waals surface area contributed by atoms with Crippen molar-refractivity contribution in [2.45, 2.75) is 25.4 Å². The van der Waals surface area contributed by atoms with Crippen molar-refractivity contribution in [3.8, 4) is 0 Å². The normalized spacial score (nSPS) is 28.4. The van der Waals surface area contributed by atoms with Crippen LogP contribution in [0.5, 0.6) is 0 Å². The van der Waals surface area contributed by atoms with Crippen molar-refractivity contribution in [2.75, 3.05) is 0 Å². The number of hydrogen-bond donors (Lipinski definition) is 2. The molecular formula is C12H12N4O2. The molecule has 3 aliphatic heterocycles. The molecule has 0 aromatic heterocycles. The van der Waals surface area contributed by atoms with Crippen molar-refractivity contribution in [1.82, 2.24) is 20.4 Å². The fraction of sp³-hybridized carbons (Fsp3) is 0.333. The van der Waals surface area contributed by atoms with Crippen molar-refractivity contribution in [2.24, 2.45) is 0 Å². The Bertz CT molecular complexity index is 514. The predicted octanol–water partition coefficient (Wildman–Crippen LogP) is 0.403. The van der Waals surface area contributed by atoms with Crippen LogP contribution in [0.25, 0.3) is 0 Å². The third kappa shape index (κ3) is 1.12. The van der Waals surface area contributed by atoms with E-state index in [1.54, 1.807) is 9.80 Å². The lowest BCUT2D eigenvalue weighted by atomic mass is 10.1. The van der Waals surface area contributed by atoms with E-state index in [-0.39, 0.29) is 24.4 Å². The Kier molecular flexibility index (Phi) is 1.71. The van der Waals surface area contributed by atoms with Crippen LogP contribution in [0.15, 0.2) is 24.3 Å². The first kappa shape index (κ1) is 9.76. The summed E-state index contributed by atoms with van der Waals surface area (Å²) in [6, 6.07) is 7.78. The Morgan fingerprint density at radius 2 is 1.44 bits per heavy atom. The van der Waals surface area contributed by atoms with Gasteiger partial charge in [0, 0.05) is 13.1 Å². The highest BCUT2D eigenvalue weighted by molar-refractivity contribution is 5.85. The summed E-state index contributed by atoms with van der Waals surface area (Å²) in [6.45, 7) is 1.10. The van der Waals surface area contributed by atoms with Gasteiger partial charge in [-0.3, -0.25) is 9.80 Å².